The van der Waals surface area contributed by atoms with E-state index in [1.54, 1.807) is 0 Å². The van der Waals surface area contributed by atoms with E-state index in [4.69, 9.17) is 5.73 Å². The molecule has 0 aliphatic rings. The van der Waals surface area contributed by atoms with Crippen LogP contribution >= 0.6 is 0 Å². The summed E-state index contributed by atoms with van der Waals surface area (Å²) in [5.74, 6) is 1.12. The van der Waals surface area contributed by atoms with E-state index in [-0.39, 0.29) is 0 Å². The highest BCUT2D eigenvalue weighted by atomic mass is 15.2. The average molecular weight is 221 g/mol. The van der Waals surface area contributed by atoms with Crippen LogP contribution in [-0.4, -0.2) is 24.6 Å². The maximum absolute atomic E-state index is 5.63. The molecule has 0 saturated carbocycles. The average Bonchev–Trinajstić information content (AvgIpc) is 2.30. The lowest BCUT2D eigenvalue weighted by atomic mass is 10.1. The quantitative estimate of drug-likeness (QED) is 0.767. The van der Waals surface area contributed by atoms with E-state index in [9.17, 15) is 0 Å². The molecule has 0 amide bonds. The second kappa shape index (κ2) is 7.23. The summed E-state index contributed by atoms with van der Waals surface area (Å²) in [5, 5.41) is 0. The molecule has 0 radical (unpaired) electrons. The first-order valence-corrected chi connectivity index (χ1v) is 6.22. The summed E-state index contributed by atoms with van der Waals surface area (Å²) < 4.78 is 0. The van der Waals surface area contributed by atoms with Crippen LogP contribution in [0.5, 0.6) is 0 Å². The van der Waals surface area contributed by atoms with Crippen molar-refractivity contribution in [2.24, 2.45) is 5.73 Å². The molecule has 0 spiro atoms. The van der Waals surface area contributed by atoms with Gasteiger partial charge in [0, 0.05) is 19.3 Å². The third-order valence-corrected chi connectivity index (χ3v) is 2.57. The minimum absolute atomic E-state index is 0.685. The zero-order chi connectivity index (χ0) is 11.8. The molecule has 0 aliphatic carbocycles. The first kappa shape index (κ1) is 13.0. The third kappa shape index (κ3) is 3.49. The summed E-state index contributed by atoms with van der Waals surface area (Å²) in [4.78, 5) is 6.87. The number of pyridine rings is 1. The number of anilines is 1. The van der Waals surface area contributed by atoms with Crippen LogP contribution in [0.4, 0.5) is 5.82 Å². The van der Waals surface area contributed by atoms with Gasteiger partial charge in [-0.1, -0.05) is 19.9 Å². The normalized spacial score (nSPS) is 10.4. The van der Waals surface area contributed by atoms with Gasteiger partial charge in [0.1, 0.15) is 5.82 Å². The van der Waals surface area contributed by atoms with Gasteiger partial charge in [0.2, 0.25) is 0 Å². The molecule has 2 N–H and O–H groups in total. The second-order valence-electron chi connectivity index (χ2n) is 4.01. The molecule has 16 heavy (non-hydrogen) atoms. The zero-order valence-corrected chi connectivity index (χ0v) is 10.4. The van der Waals surface area contributed by atoms with Crippen LogP contribution in [0.1, 0.15) is 32.3 Å². The minimum atomic E-state index is 0.685. The molecule has 1 rings (SSSR count). The standard InChI is InChI=1S/C13H23N3/c1-3-10-16(11-4-2)13-12(7-8-14)6-5-9-15-13/h5-6,9H,3-4,7-8,10-11,14H2,1-2H3. The van der Waals surface area contributed by atoms with Gasteiger partial charge in [-0.15, -0.1) is 0 Å². The van der Waals surface area contributed by atoms with Crippen molar-refractivity contribution < 1.29 is 0 Å². The van der Waals surface area contributed by atoms with E-state index in [1.165, 1.54) is 5.56 Å². The maximum atomic E-state index is 5.63. The van der Waals surface area contributed by atoms with Crippen molar-refractivity contribution in [2.75, 3.05) is 24.5 Å². The summed E-state index contributed by atoms with van der Waals surface area (Å²) in [7, 11) is 0. The molecule has 0 unspecified atom stereocenters. The van der Waals surface area contributed by atoms with Crippen molar-refractivity contribution >= 4 is 5.82 Å². The highest BCUT2D eigenvalue weighted by molar-refractivity contribution is 5.46. The number of hydrogen-bond acceptors (Lipinski definition) is 3. The first-order valence-electron chi connectivity index (χ1n) is 6.22. The summed E-state index contributed by atoms with van der Waals surface area (Å²) >= 11 is 0. The number of nitrogens with zero attached hydrogens (tertiary/aromatic N) is 2. The van der Waals surface area contributed by atoms with Gasteiger partial charge in [-0.05, 0) is 37.4 Å². The van der Waals surface area contributed by atoms with E-state index in [2.05, 4.69) is 29.8 Å². The molecule has 1 aromatic rings. The fourth-order valence-electron chi connectivity index (χ4n) is 1.93. The lowest BCUT2D eigenvalue weighted by Gasteiger charge is -2.24. The topological polar surface area (TPSA) is 42.2 Å². The first-order chi connectivity index (χ1) is 7.83. The Hall–Kier alpha value is -1.09. The number of rotatable bonds is 7. The summed E-state index contributed by atoms with van der Waals surface area (Å²) in [6.45, 7) is 7.23. The molecule has 0 fully saturated rings. The number of aromatic nitrogens is 1. The van der Waals surface area contributed by atoms with E-state index in [1.807, 2.05) is 12.3 Å². The molecule has 90 valence electrons. The molecule has 1 aromatic heterocycles. The molecule has 0 aliphatic heterocycles. The Kier molecular flexibility index (Phi) is 5.86. The Morgan fingerprint density at radius 3 is 2.50 bits per heavy atom. The van der Waals surface area contributed by atoms with Crippen LogP contribution in [0, 0.1) is 0 Å². The molecule has 0 bridgehead atoms. The fourth-order valence-corrected chi connectivity index (χ4v) is 1.93. The Bertz CT molecular complexity index is 293. The summed E-state index contributed by atoms with van der Waals surface area (Å²) in [5.41, 5.74) is 6.90. The van der Waals surface area contributed by atoms with Crippen molar-refractivity contribution in [3.05, 3.63) is 23.9 Å². The van der Waals surface area contributed by atoms with E-state index < -0.39 is 0 Å². The predicted octanol–water partition coefficient (Wildman–Crippen LogP) is 2.21. The van der Waals surface area contributed by atoms with Crippen molar-refractivity contribution in [1.82, 2.24) is 4.98 Å². The molecule has 0 aromatic carbocycles. The maximum Gasteiger partial charge on any atom is 0.131 e. The van der Waals surface area contributed by atoms with Crippen LogP contribution in [-0.2, 0) is 6.42 Å². The van der Waals surface area contributed by atoms with Gasteiger partial charge in [0.15, 0.2) is 0 Å². The SMILES string of the molecule is CCCN(CCC)c1ncccc1CCN. The zero-order valence-electron chi connectivity index (χ0n) is 10.4. The Morgan fingerprint density at radius 2 is 1.94 bits per heavy atom. The molecular weight excluding hydrogens is 198 g/mol. The van der Waals surface area contributed by atoms with Crippen LogP contribution in [0.25, 0.3) is 0 Å². The minimum Gasteiger partial charge on any atom is -0.356 e. The van der Waals surface area contributed by atoms with Gasteiger partial charge in [0.25, 0.3) is 0 Å². The second-order valence-corrected chi connectivity index (χ2v) is 4.01. The molecular formula is C13H23N3. The highest BCUT2D eigenvalue weighted by Crippen LogP contribution is 2.18. The predicted molar refractivity (Wildman–Crippen MR) is 69.8 cm³/mol. The van der Waals surface area contributed by atoms with Gasteiger partial charge >= 0.3 is 0 Å². The van der Waals surface area contributed by atoms with Crippen LogP contribution in [0.15, 0.2) is 18.3 Å². The van der Waals surface area contributed by atoms with Crippen LogP contribution < -0.4 is 10.6 Å². The molecule has 0 saturated heterocycles. The van der Waals surface area contributed by atoms with Crippen molar-refractivity contribution in [3.8, 4) is 0 Å². The lowest BCUT2D eigenvalue weighted by Crippen LogP contribution is -2.27. The molecule has 3 nitrogen and oxygen atoms in total. The van der Waals surface area contributed by atoms with E-state index in [0.29, 0.717) is 6.54 Å². The van der Waals surface area contributed by atoms with E-state index in [0.717, 1.165) is 38.2 Å². The van der Waals surface area contributed by atoms with Crippen molar-refractivity contribution in [3.63, 3.8) is 0 Å². The van der Waals surface area contributed by atoms with Crippen LogP contribution in [0.2, 0.25) is 0 Å². The van der Waals surface area contributed by atoms with Crippen molar-refractivity contribution in [2.45, 2.75) is 33.1 Å². The number of hydrogen-bond donors (Lipinski definition) is 1. The van der Waals surface area contributed by atoms with Gasteiger partial charge < -0.3 is 10.6 Å². The molecule has 1 heterocycles. The van der Waals surface area contributed by atoms with Gasteiger partial charge in [-0.25, -0.2) is 4.98 Å². The lowest BCUT2D eigenvalue weighted by molar-refractivity contribution is 0.727. The van der Waals surface area contributed by atoms with Gasteiger partial charge in [0.05, 0.1) is 0 Å². The Morgan fingerprint density at radius 1 is 1.25 bits per heavy atom. The molecule has 0 atom stereocenters. The third-order valence-electron chi connectivity index (χ3n) is 2.57. The smallest absolute Gasteiger partial charge is 0.131 e. The Balaban J connectivity index is 2.87. The van der Waals surface area contributed by atoms with Crippen molar-refractivity contribution in [1.29, 1.82) is 0 Å². The van der Waals surface area contributed by atoms with Crippen LogP contribution in [0.3, 0.4) is 0 Å². The van der Waals surface area contributed by atoms with E-state index >= 15 is 0 Å². The summed E-state index contributed by atoms with van der Waals surface area (Å²) in [6.07, 6.45) is 5.08. The largest absolute Gasteiger partial charge is 0.356 e. The molecule has 3 heteroatoms. The Labute approximate surface area is 98.7 Å². The highest BCUT2D eigenvalue weighted by Gasteiger charge is 2.10. The summed E-state index contributed by atoms with van der Waals surface area (Å²) in [6, 6.07) is 4.12. The number of nitrogens with two attached hydrogens (primary N) is 1. The van der Waals surface area contributed by atoms with Gasteiger partial charge in [-0.3, -0.25) is 0 Å². The van der Waals surface area contributed by atoms with Gasteiger partial charge in [-0.2, -0.15) is 0 Å². The fraction of sp³-hybridized carbons (Fsp3) is 0.615. The monoisotopic (exact) mass is 221 g/mol.